The normalized spacial score (nSPS) is 20.4. The molecule has 7 rings (SSSR count). The number of para-hydroxylation sites is 1. The molecule has 2 saturated heterocycles. The molecule has 2 aromatic heterocycles. The SMILES string of the molecule is CC[C@@H]1CC(NC(=O)OC(C)(C)C)CN(C(=O)c2cc(OC)c3c(c2)nc(-c2cc4cccc(C5CNC5)c4n2CC2CC2)n3C)C1. The quantitative estimate of drug-likeness (QED) is 0.243. The van der Waals surface area contributed by atoms with Crippen molar-refractivity contribution in [2.24, 2.45) is 18.9 Å². The number of ether oxygens (including phenoxy) is 2. The third-order valence-electron chi connectivity index (χ3n) is 10.1. The van der Waals surface area contributed by atoms with Gasteiger partial charge in [0, 0.05) is 56.6 Å². The number of rotatable bonds is 8. The molecule has 2 N–H and O–H groups in total. The molecule has 10 nitrogen and oxygen atoms in total. The molecule has 4 aromatic rings. The van der Waals surface area contributed by atoms with Gasteiger partial charge in [0.05, 0.1) is 29.9 Å². The zero-order chi connectivity index (χ0) is 33.0. The van der Waals surface area contributed by atoms with E-state index in [0.717, 1.165) is 55.0 Å². The number of aromatic nitrogens is 3. The number of imidazole rings is 1. The molecule has 250 valence electrons. The Hall–Kier alpha value is -4.05. The Bertz CT molecular complexity index is 1830. The van der Waals surface area contributed by atoms with Gasteiger partial charge in [0.15, 0.2) is 5.82 Å². The first kappa shape index (κ1) is 31.5. The monoisotopic (exact) mass is 640 g/mol. The third kappa shape index (κ3) is 6.20. The van der Waals surface area contributed by atoms with Crippen LogP contribution in [-0.4, -0.2) is 76.0 Å². The number of methoxy groups -OCH3 is 1. The zero-order valence-corrected chi connectivity index (χ0v) is 28.6. The summed E-state index contributed by atoms with van der Waals surface area (Å²) in [6.07, 6.45) is 3.79. The Balaban J connectivity index is 1.24. The number of hydrogen-bond acceptors (Lipinski definition) is 6. The number of aryl methyl sites for hydroxylation is 1. The fraction of sp³-hybridized carbons (Fsp3) is 0.541. The van der Waals surface area contributed by atoms with Crippen molar-refractivity contribution in [1.82, 2.24) is 29.7 Å². The number of carbonyl (C=O) groups excluding carboxylic acids is 2. The summed E-state index contributed by atoms with van der Waals surface area (Å²) < 4.78 is 16.0. The maximum atomic E-state index is 14.1. The lowest BCUT2D eigenvalue weighted by atomic mass is 9.91. The van der Waals surface area contributed by atoms with Crippen molar-refractivity contribution in [3.63, 3.8) is 0 Å². The van der Waals surface area contributed by atoms with Crippen LogP contribution in [0.3, 0.4) is 0 Å². The maximum Gasteiger partial charge on any atom is 0.407 e. The van der Waals surface area contributed by atoms with Crippen LogP contribution in [0.25, 0.3) is 33.5 Å². The van der Waals surface area contributed by atoms with Gasteiger partial charge in [-0.15, -0.1) is 0 Å². The minimum Gasteiger partial charge on any atom is -0.494 e. The first-order valence-corrected chi connectivity index (χ1v) is 17.2. The van der Waals surface area contributed by atoms with Gasteiger partial charge in [0.1, 0.15) is 16.9 Å². The van der Waals surface area contributed by atoms with Gasteiger partial charge in [0.2, 0.25) is 0 Å². The molecule has 4 heterocycles. The van der Waals surface area contributed by atoms with E-state index in [1.165, 1.54) is 29.3 Å². The van der Waals surface area contributed by atoms with Crippen molar-refractivity contribution >= 4 is 33.9 Å². The molecule has 1 saturated carbocycles. The number of carbonyl (C=O) groups is 2. The highest BCUT2D eigenvalue weighted by Crippen LogP contribution is 2.40. The fourth-order valence-corrected chi connectivity index (χ4v) is 7.37. The molecule has 3 fully saturated rings. The summed E-state index contributed by atoms with van der Waals surface area (Å²) in [6, 6.07) is 12.5. The Labute approximate surface area is 276 Å². The summed E-state index contributed by atoms with van der Waals surface area (Å²) in [7, 11) is 3.68. The van der Waals surface area contributed by atoms with Crippen LogP contribution in [0.4, 0.5) is 4.79 Å². The van der Waals surface area contributed by atoms with E-state index in [2.05, 4.69) is 51.0 Å². The van der Waals surface area contributed by atoms with Gasteiger partial charge in [0.25, 0.3) is 5.91 Å². The van der Waals surface area contributed by atoms with Crippen molar-refractivity contribution < 1.29 is 19.1 Å². The Morgan fingerprint density at radius 2 is 1.85 bits per heavy atom. The number of piperidine rings is 1. The predicted octanol–water partition coefficient (Wildman–Crippen LogP) is 6.07. The highest BCUT2D eigenvalue weighted by atomic mass is 16.6. The second-order valence-electron chi connectivity index (χ2n) is 14.8. The lowest BCUT2D eigenvalue weighted by Crippen LogP contribution is -2.53. The van der Waals surface area contributed by atoms with E-state index in [0.29, 0.717) is 36.2 Å². The van der Waals surface area contributed by atoms with Crippen LogP contribution >= 0.6 is 0 Å². The Morgan fingerprint density at radius 3 is 2.51 bits per heavy atom. The topological polar surface area (TPSA) is 103 Å². The van der Waals surface area contributed by atoms with E-state index in [1.54, 1.807) is 7.11 Å². The number of nitrogens with one attached hydrogen (secondary N) is 2. The molecular weight excluding hydrogens is 592 g/mol. The Kier molecular flexibility index (Phi) is 8.18. The second-order valence-corrected chi connectivity index (χ2v) is 14.8. The van der Waals surface area contributed by atoms with Crippen LogP contribution in [-0.2, 0) is 18.3 Å². The zero-order valence-electron chi connectivity index (χ0n) is 28.6. The van der Waals surface area contributed by atoms with E-state index >= 15 is 0 Å². The van der Waals surface area contributed by atoms with Gasteiger partial charge in [-0.05, 0) is 75.6 Å². The number of hydrogen-bond donors (Lipinski definition) is 2. The number of likely N-dealkylation sites (tertiary alicyclic amines) is 1. The number of amides is 2. The summed E-state index contributed by atoms with van der Waals surface area (Å²) in [6.45, 7) is 11.7. The van der Waals surface area contributed by atoms with Crippen LogP contribution in [0.2, 0.25) is 0 Å². The standard InChI is InChI=1S/C37H48N6O4/c1-7-22-13-27(39-36(45)47-37(2,3)4)21-42(19-22)35(44)25-14-29-33(31(16-25)46-6)41(5)34(40-29)30-15-24-9-8-10-28(26-17-38-18-26)32(24)43(30)20-23-11-12-23/h8-10,14-16,22-23,26-27,38H,7,11-13,17-21H2,1-6H3,(H,39,45)/t22-,27?/m1/s1. The van der Waals surface area contributed by atoms with Crippen molar-refractivity contribution in [3.05, 3.63) is 47.5 Å². The highest BCUT2D eigenvalue weighted by molar-refractivity contribution is 6.00. The molecule has 0 bridgehead atoms. The minimum absolute atomic E-state index is 0.0897. The summed E-state index contributed by atoms with van der Waals surface area (Å²) in [5.41, 5.74) is 5.35. The van der Waals surface area contributed by atoms with Gasteiger partial charge in [-0.1, -0.05) is 31.5 Å². The molecule has 2 aliphatic heterocycles. The minimum atomic E-state index is -0.589. The average molecular weight is 641 g/mol. The molecular formula is C37H48N6O4. The Morgan fingerprint density at radius 1 is 1.06 bits per heavy atom. The van der Waals surface area contributed by atoms with Crippen molar-refractivity contribution in [2.45, 2.75) is 77.5 Å². The average Bonchev–Trinajstić information content (AvgIpc) is 3.66. The summed E-state index contributed by atoms with van der Waals surface area (Å²) >= 11 is 0. The fourth-order valence-electron chi connectivity index (χ4n) is 7.37. The van der Waals surface area contributed by atoms with Crippen LogP contribution in [0.5, 0.6) is 5.75 Å². The lowest BCUT2D eigenvalue weighted by Gasteiger charge is -2.38. The molecule has 10 heteroatoms. The van der Waals surface area contributed by atoms with E-state index in [-0.39, 0.29) is 17.9 Å². The van der Waals surface area contributed by atoms with Gasteiger partial charge >= 0.3 is 6.09 Å². The number of fused-ring (bicyclic) bond motifs is 2. The smallest absolute Gasteiger partial charge is 0.407 e. The largest absolute Gasteiger partial charge is 0.494 e. The number of benzene rings is 2. The van der Waals surface area contributed by atoms with Gasteiger partial charge in [-0.2, -0.15) is 0 Å². The molecule has 1 aliphatic carbocycles. The molecule has 3 aliphatic rings. The number of nitrogens with zero attached hydrogens (tertiary/aromatic N) is 4. The van der Waals surface area contributed by atoms with Crippen molar-refractivity contribution in [2.75, 3.05) is 33.3 Å². The molecule has 47 heavy (non-hydrogen) atoms. The summed E-state index contributed by atoms with van der Waals surface area (Å²) in [4.78, 5) is 33.8. The van der Waals surface area contributed by atoms with E-state index in [9.17, 15) is 9.59 Å². The predicted molar refractivity (Wildman–Crippen MR) is 184 cm³/mol. The van der Waals surface area contributed by atoms with E-state index in [4.69, 9.17) is 14.5 Å². The van der Waals surface area contributed by atoms with Gasteiger partial charge in [-0.25, -0.2) is 9.78 Å². The van der Waals surface area contributed by atoms with Crippen LogP contribution < -0.4 is 15.4 Å². The lowest BCUT2D eigenvalue weighted by molar-refractivity contribution is 0.0416. The molecule has 1 unspecified atom stereocenters. The van der Waals surface area contributed by atoms with Gasteiger partial charge in [-0.3, -0.25) is 4.79 Å². The second kappa shape index (κ2) is 12.2. The molecule has 2 amide bonds. The first-order chi connectivity index (χ1) is 22.5. The van der Waals surface area contributed by atoms with Crippen molar-refractivity contribution in [1.29, 1.82) is 0 Å². The van der Waals surface area contributed by atoms with Crippen LogP contribution in [0, 0.1) is 11.8 Å². The first-order valence-electron chi connectivity index (χ1n) is 17.2. The molecule has 2 atom stereocenters. The van der Waals surface area contributed by atoms with Crippen LogP contribution in [0.15, 0.2) is 36.4 Å². The van der Waals surface area contributed by atoms with Crippen LogP contribution in [0.1, 0.15) is 75.2 Å². The van der Waals surface area contributed by atoms with Crippen molar-refractivity contribution in [3.8, 4) is 17.3 Å². The maximum absolute atomic E-state index is 14.1. The molecule has 0 spiro atoms. The molecule has 0 radical (unpaired) electrons. The summed E-state index contributed by atoms with van der Waals surface area (Å²) in [5, 5.41) is 7.69. The van der Waals surface area contributed by atoms with E-state index in [1.807, 2.05) is 44.9 Å². The van der Waals surface area contributed by atoms with E-state index < -0.39 is 11.7 Å². The number of alkyl carbamates (subject to hydrolysis) is 1. The highest BCUT2D eigenvalue weighted by Gasteiger charge is 2.33. The van der Waals surface area contributed by atoms with Gasteiger partial charge < -0.3 is 34.1 Å². The molecule has 2 aromatic carbocycles. The summed E-state index contributed by atoms with van der Waals surface area (Å²) in [5.74, 6) is 2.88. The third-order valence-corrected chi connectivity index (χ3v) is 10.1.